The molecule has 0 unspecified atom stereocenters. The van der Waals surface area contributed by atoms with Crippen molar-refractivity contribution in [1.29, 1.82) is 0 Å². The molecule has 1 saturated heterocycles. The summed E-state index contributed by atoms with van der Waals surface area (Å²) in [5.41, 5.74) is 0.981. The summed E-state index contributed by atoms with van der Waals surface area (Å²) in [5, 5.41) is 6.38. The molecule has 2 N–H and O–H groups in total. The number of amides is 1. The van der Waals surface area contributed by atoms with Gasteiger partial charge in [0, 0.05) is 63.5 Å². The zero-order valence-corrected chi connectivity index (χ0v) is 22.4. The second-order valence-electron chi connectivity index (χ2n) is 7.72. The summed E-state index contributed by atoms with van der Waals surface area (Å²) in [5.74, 6) is 3.11. The second kappa shape index (κ2) is 14.2. The van der Waals surface area contributed by atoms with Crippen LogP contribution in [0.1, 0.15) is 19.4 Å². The van der Waals surface area contributed by atoms with Crippen molar-refractivity contribution in [3.63, 3.8) is 0 Å². The molecule has 10 heteroatoms. The third-order valence-corrected chi connectivity index (χ3v) is 5.18. The number of hydrogen-bond acceptors (Lipinski definition) is 6. The number of piperazine rings is 1. The average Bonchev–Trinajstić information content (AvgIpc) is 2.76. The molecule has 0 aliphatic carbocycles. The molecule has 1 heterocycles. The van der Waals surface area contributed by atoms with Crippen molar-refractivity contribution in [2.24, 2.45) is 4.99 Å². The van der Waals surface area contributed by atoms with Crippen LogP contribution in [0.4, 0.5) is 0 Å². The van der Waals surface area contributed by atoms with Crippen LogP contribution < -0.4 is 24.8 Å². The van der Waals surface area contributed by atoms with E-state index in [0.29, 0.717) is 25.3 Å². The Balaban J connectivity index is 0.00000512. The molecule has 9 nitrogen and oxygen atoms in total. The van der Waals surface area contributed by atoms with Crippen molar-refractivity contribution in [2.75, 3.05) is 67.6 Å². The Labute approximate surface area is 208 Å². The molecule has 1 fully saturated rings. The number of ether oxygens (including phenoxy) is 3. The first-order chi connectivity index (χ1) is 14.9. The Morgan fingerprint density at radius 2 is 1.66 bits per heavy atom. The maximum atomic E-state index is 12.0. The summed E-state index contributed by atoms with van der Waals surface area (Å²) in [7, 11) is 6.70. The zero-order valence-electron chi connectivity index (χ0n) is 20.1. The standard InChI is InChI=1S/C22H37N5O4.HI/c1-16(2)25-21(28)15-26-9-11-27(12-10-26)22(23-3)24-8-7-18-19(30-5)13-17(29-4)14-20(18)31-6;/h13-14,16H,7-12,15H2,1-6H3,(H,23,24)(H,25,28);1H. The van der Waals surface area contributed by atoms with Crippen molar-refractivity contribution in [1.82, 2.24) is 20.4 Å². The second-order valence-corrected chi connectivity index (χ2v) is 7.72. The summed E-state index contributed by atoms with van der Waals surface area (Å²) in [4.78, 5) is 20.8. The van der Waals surface area contributed by atoms with Crippen LogP contribution in [0.2, 0.25) is 0 Å². The normalized spacial score (nSPS) is 14.6. The van der Waals surface area contributed by atoms with Crippen LogP contribution in [0.5, 0.6) is 17.2 Å². The minimum Gasteiger partial charge on any atom is -0.496 e. The molecule has 0 aromatic heterocycles. The van der Waals surface area contributed by atoms with Crippen LogP contribution in [-0.2, 0) is 11.2 Å². The number of benzene rings is 1. The van der Waals surface area contributed by atoms with Crippen LogP contribution in [0, 0.1) is 0 Å². The molecular formula is C22H38IN5O4. The number of nitrogens with zero attached hydrogens (tertiary/aromatic N) is 3. The van der Waals surface area contributed by atoms with Crippen LogP contribution in [-0.4, -0.2) is 95.4 Å². The number of carbonyl (C=O) groups is 1. The molecule has 0 spiro atoms. The summed E-state index contributed by atoms with van der Waals surface area (Å²) in [6, 6.07) is 3.89. The summed E-state index contributed by atoms with van der Waals surface area (Å²) in [6.45, 7) is 8.37. The predicted octanol–water partition coefficient (Wildman–Crippen LogP) is 1.59. The number of nitrogens with one attached hydrogen (secondary N) is 2. The van der Waals surface area contributed by atoms with Gasteiger partial charge in [0.15, 0.2) is 5.96 Å². The van der Waals surface area contributed by atoms with E-state index in [1.54, 1.807) is 28.4 Å². The molecular weight excluding hydrogens is 525 g/mol. The molecule has 1 aliphatic heterocycles. The van der Waals surface area contributed by atoms with E-state index in [1.165, 1.54) is 0 Å². The average molecular weight is 563 g/mol. The molecule has 1 aliphatic rings. The monoisotopic (exact) mass is 563 g/mol. The van der Waals surface area contributed by atoms with Crippen molar-refractivity contribution in [3.05, 3.63) is 17.7 Å². The maximum absolute atomic E-state index is 12.0. The van der Waals surface area contributed by atoms with Crippen molar-refractivity contribution >= 4 is 35.8 Å². The third kappa shape index (κ3) is 8.19. The van der Waals surface area contributed by atoms with Gasteiger partial charge in [-0.1, -0.05) is 0 Å². The number of guanidine groups is 1. The summed E-state index contributed by atoms with van der Waals surface area (Å²) in [6.07, 6.45) is 0.713. The van der Waals surface area contributed by atoms with E-state index in [-0.39, 0.29) is 35.9 Å². The Kier molecular flexibility index (Phi) is 12.5. The van der Waals surface area contributed by atoms with Gasteiger partial charge in [0.25, 0.3) is 0 Å². The Morgan fingerprint density at radius 3 is 2.12 bits per heavy atom. The Hall–Kier alpha value is -1.95. The van der Waals surface area contributed by atoms with Crippen LogP contribution in [0.15, 0.2) is 17.1 Å². The molecule has 0 saturated carbocycles. The minimum absolute atomic E-state index is 0. The largest absolute Gasteiger partial charge is 0.496 e. The van der Waals surface area contributed by atoms with E-state index in [4.69, 9.17) is 14.2 Å². The van der Waals surface area contributed by atoms with E-state index >= 15 is 0 Å². The molecule has 0 bridgehead atoms. The Morgan fingerprint density at radius 1 is 1.06 bits per heavy atom. The van der Waals surface area contributed by atoms with Gasteiger partial charge in [-0.2, -0.15) is 0 Å². The third-order valence-electron chi connectivity index (χ3n) is 5.18. The van der Waals surface area contributed by atoms with E-state index in [9.17, 15) is 4.79 Å². The first-order valence-electron chi connectivity index (χ1n) is 10.7. The van der Waals surface area contributed by atoms with Crippen LogP contribution in [0.25, 0.3) is 0 Å². The molecule has 2 rings (SSSR count). The van der Waals surface area contributed by atoms with Gasteiger partial charge in [-0.25, -0.2) is 0 Å². The molecule has 1 aromatic carbocycles. The lowest BCUT2D eigenvalue weighted by molar-refractivity contribution is -0.123. The number of hydrogen-bond donors (Lipinski definition) is 2. The van der Waals surface area contributed by atoms with E-state index in [1.807, 2.05) is 26.0 Å². The first kappa shape index (κ1) is 28.1. The molecule has 1 amide bonds. The smallest absolute Gasteiger partial charge is 0.234 e. The van der Waals surface area contributed by atoms with Gasteiger partial charge < -0.3 is 29.7 Å². The van der Waals surface area contributed by atoms with Gasteiger partial charge >= 0.3 is 0 Å². The lowest BCUT2D eigenvalue weighted by atomic mass is 10.1. The van der Waals surface area contributed by atoms with Crippen molar-refractivity contribution in [3.8, 4) is 17.2 Å². The highest BCUT2D eigenvalue weighted by Crippen LogP contribution is 2.34. The van der Waals surface area contributed by atoms with Crippen LogP contribution in [0.3, 0.4) is 0 Å². The number of carbonyl (C=O) groups excluding carboxylic acids is 1. The molecule has 32 heavy (non-hydrogen) atoms. The van der Waals surface area contributed by atoms with Gasteiger partial charge in [0.05, 0.1) is 27.9 Å². The van der Waals surface area contributed by atoms with Gasteiger partial charge in [0.1, 0.15) is 17.2 Å². The summed E-state index contributed by atoms with van der Waals surface area (Å²) >= 11 is 0. The topological polar surface area (TPSA) is 87.7 Å². The van der Waals surface area contributed by atoms with Crippen molar-refractivity contribution in [2.45, 2.75) is 26.3 Å². The predicted molar refractivity (Wildman–Crippen MR) is 138 cm³/mol. The SMILES string of the molecule is CN=C(NCCc1c(OC)cc(OC)cc1OC)N1CCN(CC(=O)NC(C)C)CC1.I. The lowest BCUT2D eigenvalue weighted by Crippen LogP contribution is -2.54. The quantitative estimate of drug-likeness (QED) is 0.268. The van der Waals surface area contributed by atoms with Crippen LogP contribution >= 0.6 is 24.0 Å². The van der Waals surface area contributed by atoms with E-state index in [2.05, 4.69) is 25.4 Å². The number of rotatable bonds is 9. The molecule has 0 radical (unpaired) electrons. The highest BCUT2D eigenvalue weighted by Gasteiger charge is 2.21. The maximum Gasteiger partial charge on any atom is 0.234 e. The van der Waals surface area contributed by atoms with Gasteiger partial charge in [-0.05, 0) is 20.3 Å². The molecule has 0 atom stereocenters. The first-order valence-corrected chi connectivity index (χ1v) is 10.7. The minimum atomic E-state index is 0. The highest BCUT2D eigenvalue weighted by molar-refractivity contribution is 14.0. The lowest BCUT2D eigenvalue weighted by Gasteiger charge is -2.36. The molecule has 1 aromatic rings. The van der Waals surface area contributed by atoms with E-state index < -0.39 is 0 Å². The fourth-order valence-electron chi connectivity index (χ4n) is 3.64. The number of halogens is 1. The molecule has 182 valence electrons. The number of methoxy groups -OCH3 is 3. The van der Waals surface area contributed by atoms with Gasteiger partial charge in [-0.3, -0.25) is 14.7 Å². The van der Waals surface area contributed by atoms with E-state index in [0.717, 1.165) is 49.2 Å². The number of aliphatic imine (C=N–C) groups is 1. The zero-order chi connectivity index (χ0) is 22.8. The summed E-state index contributed by atoms with van der Waals surface area (Å²) < 4.78 is 16.4. The van der Waals surface area contributed by atoms with Gasteiger partial charge in [-0.15, -0.1) is 24.0 Å². The fourth-order valence-corrected chi connectivity index (χ4v) is 3.64. The Bertz CT molecular complexity index is 727. The van der Waals surface area contributed by atoms with Gasteiger partial charge in [0.2, 0.25) is 5.91 Å². The van der Waals surface area contributed by atoms with Crippen molar-refractivity contribution < 1.29 is 19.0 Å². The fraction of sp³-hybridized carbons (Fsp3) is 0.636. The highest BCUT2D eigenvalue weighted by atomic mass is 127.